The third kappa shape index (κ3) is 3.55. The highest BCUT2D eigenvalue weighted by molar-refractivity contribution is 6.06. The number of benzene rings is 2. The number of rotatable bonds is 3. The fourth-order valence-corrected chi connectivity index (χ4v) is 2.28. The van der Waals surface area contributed by atoms with E-state index in [4.69, 9.17) is 0 Å². The molecule has 1 aliphatic heterocycles. The standard InChI is InChI=1S/C17H15N3O3/c21-14-3-1-2-12(10-14)17(23)18-13-6-4-11(5-7-13)15-8-9-16(22)20-19-15/h1-7,10,21H,8-9H2,(H,18,23)(H,20,22). The molecule has 0 unspecified atom stereocenters. The van der Waals surface area contributed by atoms with E-state index in [2.05, 4.69) is 15.8 Å². The number of aromatic hydroxyl groups is 1. The molecule has 0 aromatic heterocycles. The molecule has 0 saturated carbocycles. The summed E-state index contributed by atoms with van der Waals surface area (Å²) in [4.78, 5) is 23.2. The van der Waals surface area contributed by atoms with E-state index in [1.807, 2.05) is 12.1 Å². The van der Waals surface area contributed by atoms with Gasteiger partial charge in [0.05, 0.1) is 5.71 Å². The predicted octanol–water partition coefficient (Wildman–Crippen LogP) is 2.26. The van der Waals surface area contributed by atoms with Gasteiger partial charge in [-0.1, -0.05) is 18.2 Å². The molecule has 2 amide bonds. The van der Waals surface area contributed by atoms with Crippen molar-refractivity contribution < 1.29 is 14.7 Å². The van der Waals surface area contributed by atoms with Gasteiger partial charge in [0.2, 0.25) is 5.91 Å². The lowest BCUT2D eigenvalue weighted by Crippen LogP contribution is -2.25. The second-order valence-corrected chi connectivity index (χ2v) is 5.18. The van der Waals surface area contributed by atoms with Gasteiger partial charge in [0.15, 0.2) is 0 Å². The van der Waals surface area contributed by atoms with Crippen LogP contribution >= 0.6 is 0 Å². The Balaban J connectivity index is 1.70. The van der Waals surface area contributed by atoms with Crippen molar-refractivity contribution in [3.05, 3.63) is 59.7 Å². The Morgan fingerprint density at radius 1 is 1.13 bits per heavy atom. The van der Waals surface area contributed by atoms with Crippen LogP contribution in [-0.4, -0.2) is 22.6 Å². The van der Waals surface area contributed by atoms with E-state index in [0.29, 0.717) is 24.1 Å². The first-order chi connectivity index (χ1) is 11.1. The van der Waals surface area contributed by atoms with Crippen LogP contribution in [0.15, 0.2) is 53.6 Å². The largest absolute Gasteiger partial charge is 0.508 e. The fraction of sp³-hybridized carbons (Fsp3) is 0.118. The van der Waals surface area contributed by atoms with Gasteiger partial charge in [-0.15, -0.1) is 0 Å². The molecular formula is C17H15N3O3. The van der Waals surface area contributed by atoms with Crippen molar-refractivity contribution in [1.82, 2.24) is 5.43 Å². The summed E-state index contributed by atoms with van der Waals surface area (Å²) >= 11 is 0. The molecule has 1 heterocycles. The average Bonchev–Trinajstić information content (AvgIpc) is 2.56. The van der Waals surface area contributed by atoms with Gasteiger partial charge in [0.1, 0.15) is 5.75 Å². The third-order valence-corrected chi connectivity index (χ3v) is 3.49. The highest BCUT2D eigenvalue weighted by Gasteiger charge is 2.13. The number of hydrazone groups is 1. The fourth-order valence-electron chi connectivity index (χ4n) is 2.28. The number of nitrogens with one attached hydrogen (secondary N) is 2. The van der Waals surface area contributed by atoms with Crippen LogP contribution in [0.25, 0.3) is 0 Å². The molecule has 2 aromatic rings. The number of nitrogens with zero attached hydrogens (tertiary/aromatic N) is 1. The number of hydrogen-bond acceptors (Lipinski definition) is 4. The van der Waals surface area contributed by atoms with Gasteiger partial charge in [-0.25, -0.2) is 5.43 Å². The first-order valence-electron chi connectivity index (χ1n) is 7.18. The molecule has 0 radical (unpaired) electrons. The Labute approximate surface area is 132 Å². The molecular weight excluding hydrogens is 294 g/mol. The van der Waals surface area contributed by atoms with E-state index in [0.717, 1.165) is 11.3 Å². The van der Waals surface area contributed by atoms with Crippen LogP contribution in [-0.2, 0) is 4.79 Å². The molecule has 0 spiro atoms. The molecule has 6 nitrogen and oxygen atoms in total. The molecule has 0 fully saturated rings. The molecule has 116 valence electrons. The number of amides is 2. The van der Waals surface area contributed by atoms with Gasteiger partial charge in [0, 0.05) is 24.1 Å². The second-order valence-electron chi connectivity index (χ2n) is 5.18. The molecule has 0 bridgehead atoms. The second kappa shape index (κ2) is 6.31. The zero-order chi connectivity index (χ0) is 16.2. The molecule has 0 saturated heterocycles. The maximum atomic E-state index is 12.1. The van der Waals surface area contributed by atoms with E-state index in [1.165, 1.54) is 12.1 Å². The monoisotopic (exact) mass is 309 g/mol. The highest BCUT2D eigenvalue weighted by atomic mass is 16.3. The summed E-state index contributed by atoms with van der Waals surface area (Å²) in [6, 6.07) is 13.4. The number of hydrogen-bond donors (Lipinski definition) is 3. The van der Waals surface area contributed by atoms with Crippen molar-refractivity contribution in [3.63, 3.8) is 0 Å². The summed E-state index contributed by atoms with van der Waals surface area (Å²) in [7, 11) is 0. The minimum absolute atomic E-state index is 0.0466. The molecule has 3 rings (SSSR count). The van der Waals surface area contributed by atoms with Crippen LogP contribution < -0.4 is 10.7 Å². The van der Waals surface area contributed by atoms with Gasteiger partial charge >= 0.3 is 0 Å². The minimum Gasteiger partial charge on any atom is -0.508 e. The van der Waals surface area contributed by atoms with Crippen LogP contribution in [0.5, 0.6) is 5.75 Å². The molecule has 2 aromatic carbocycles. The topological polar surface area (TPSA) is 90.8 Å². The Morgan fingerprint density at radius 3 is 2.57 bits per heavy atom. The molecule has 23 heavy (non-hydrogen) atoms. The third-order valence-electron chi connectivity index (χ3n) is 3.49. The number of phenolic OH excluding ortho intramolecular Hbond substituents is 1. The summed E-state index contributed by atoms with van der Waals surface area (Å²) in [6.45, 7) is 0. The number of phenols is 1. The molecule has 1 aliphatic rings. The summed E-state index contributed by atoms with van der Waals surface area (Å²) in [6.07, 6.45) is 1.02. The van der Waals surface area contributed by atoms with Crippen LogP contribution in [0.1, 0.15) is 28.8 Å². The van der Waals surface area contributed by atoms with Crippen LogP contribution in [0, 0.1) is 0 Å². The van der Waals surface area contributed by atoms with E-state index < -0.39 is 0 Å². The SMILES string of the molecule is O=C1CCC(c2ccc(NC(=O)c3cccc(O)c3)cc2)=NN1. The molecule has 0 atom stereocenters. The first kappa shape index (κ1) is 14.8. The average molecular weight is 309 g/mol. The number of carbonyl (C=O) groups excluding carboxylic acids is 2. The van der Waals surface area contributed by atoms with Gasteiger partial charge in [-0.2, -0.15) is 5.10 Å². The Kier molecular flexibility index (Phi) is 4.05. The van der Waals surface area contributed by atoms with Crippen molar-refractivity contribution >= 4 is 23.2 Å². The summed E-state index contributed by atoms with van der Waals surface area (Å²) < 4.78 is 0. The molecule has 3 N–H and O–H groups in total. The zero-order valence-corrected chi connectivity index (χ0v) is 12.2. The lowest BCUT2D eigenvalue weighted by Gasteiger charge is -2.12. The minimum atomic E-state index is -0.295. The van der Waals surface area contributed by atoms with Gasteiger partial charge in [-0.05, 0) is 35.9 Å². The van der Waals surface area contributed by atoms with Crippen molar-refractivity contribution in [2.24, 2.45) is 5.10 Å². The lowest BCUT2D eigenvalue weighted by molar-refractivity contribution is -0.121. The Hall–Kier alpha value is -3.15. The van der Waals surface area contributed by atoms with E-state index in [9.17, 15) is 14.7 Å². The van der Waals surface area contributed by atoms with Gasteiger partial charge in [0.25, 0.3) is 5.91 Å². The van der Waals surface area contributed by atoms with Crippen LogP contribution in [0.3, 0.4) is 0 Å². The first-order valence-corrected chi connectivity index (χ1v) is 7.18. The predicted molar refractivity (Wildman–Crippen MR) is 86.4 cm³/mol. The summed E-state index contributed by atoms with van der Waals surface area (Å²) in [5.74, 6) is -0.329. The summed E-state index contributed by atoms with van der Waals surface area (Å²) in [5.41, 5.74) is 5.20. The highest BCUT2D eigenvalue weighted by Crippen LogP contribution is 2.16. The van der Waals surface area contributed by atoms with Gasteiger partial charge in [-0.3, -0.25) is 9.59 Å². The van der Waals surface area contributed by atoms with Crippen molar-refractivity contribution in [2.45, 2.75) is 12.8 Å². The van der Waals surface area contributed by atoms with Gasteiger partial charge < -0.3 is 10.4 Å². The van der Waals surface area contributed by atoms with E-state index in [1.54, 1.807) is 24.3 Å². The van der Waals surface area contributed by atoms with E-state index in [-0.39, 0.29) is 17.6 Å². The van der Waals surface area contributed by atoms with Crippen molar-refractivity contribution in [3.8, 4) is 5.75 Å². The van der Waals surface area contributed by atoms with Crippen LogP contribution in [0.2, 0.25) is 0 Å². The Morgan fingerprint density at radius 2 is 1.91 bits per heavy atom. The smallest absolute Gasteiger partial charge is 0.255 e. The Bertz CT molecular complexity index is 782. The van der Waals surface area contributed by atoms with Crippen molar-refractivity contribution in [1.29, 1.82) is 0 Å². The van der Waals surface area contributed by atoms with E-state index >= 15 is 0 Å². The quantitative estimate of drug-likeness (QED) is 0.812. The molecule has 0 aliphatic carbocycles. The maximum absolute atomic E-state index is 12.1. The molecule has 6 heteroatoms. The lowest BCUT2D eigenvalue weighted by atomic mass is 10.0. The zero-order valence-electron chi connectivity index (χ0n) is 12.2. The summed E-state index contributed by atoms with van der Waals surface area (Å²) in [5, 5.41) is 16.2. The van der Waals surface area contributed by atoms with Crippen LogP contribution in [0.4, 0.5) is 5.69 Å². The number of anilines is 1. The normalized spacial score (nSPS) is 13.9. The van der Waals surface area contributed by atoms with Crippen molar-refractivity contribution in [2.75, 3.05) is 5.32 Å². The maximum Gasteiger partial charge on any atom is 0.255 e. The number of carbonyl (C=O) groups is 2.